The minimum atomic E-state index is -1.13. The highest BCUT2D eigenvalue weighted by atomic mass is 32.2. The Hall–Kier alpha value is -2.88. The van der Waals surface area contributed by atoms with Crippen molar-refractivity contribution in [1.29, 1.82) is 0 Å². The predicted octanol–water partition coefficient (Wildman–Crippen LogP) is 2.24. The average Bonchev–Trinajstić information content (AvgIpc) is 3.15. The summed E-state index contributed by atoms with van der Waals surface area (Å²) in [4.78, 5) is 48.4. The van der Waals surface area contributed by atoms with E-state index in [9.17, 15) is 23.6 Å². The van der Waals surface area contributed by atoms with E-state index < -0.39 is 23.8 Å². The van der Waals surface area contributed by atoms with E-state index in [2.05, 4.69) is 5.32 Å². The fraction of sp³-hybridized carbons (Fsp3) is 0.333. The Balaban J connectivity index is 1.56. The number of benzene rings is 1. The number of rotatable bonds is 6. The monoisotopic (exact) mass is 408 g/mol. The highest BCUT2D eigenvalue weighted by molar-refractivity contribution is 8.14. The van der Waals surface area contributed by atoms with Gasteiger partial charge in [-0.25, -0.2) is 9.18 Å². The molecule has 1 aliphatic rings. The van der Waals surface area contributed by atoms with Crippen LogP contribution in [0.1, 0.15) is 23.0 Å². The lowest BCUT2D eigenvalue weighted by Crippen LogP contribution is -2.41. The first-order valence-corrected chi connectivity index (χ1v) is 9.41. The number of hydrogen-bond donors (Lipinski definition) is 1. The zero-order valence-corrected chi connectivity index (χ0v) is 15.9. The maximum absolute atomic E-state index is 13.4. The summed E-state index contributed by atoms with van der Waals surface area (Å²) >= 11 is 0.910. The Morgan fingerprint density at radius 2 is 2.14 bits per heavy atom. The summed E-state index contributed by atoms with van der Waals surface area (Å²) in [6, 6.07) is 3.87. The van der Waals surface area contributed by atoms with Crippen molar-refractivity contribution in [3.63, 3.8) is 0 Å². The molecule has 148 valence electrons. The molecule has 1 atom stereocenters. The first-order valence-electron chi connectivity index (χ1n) is 8.42. The van der Waals surface area contributed by atoms with Crippen LogP contribution in [0.5, 0.6) is 0 Å². The SMILES string of the molecule is Cc1c(C(=O)O[C@@H](C)C(=O)NCCN2C(=O)CSC2=O)oc2ccc(F)cc12. The summed E-state index contributed by atoms with van der Waals surface area (Å²) < 4.78 is 23.9. The van der Waals surface area contributed by atoms with Crippen LogP contribution in [0, 0.1) is 12.7 Å². The molecule has 10 heteroatoms. The van der Waals surface area contributed by atoms with E-state index in [4.69, 9.17) is 9.15 Å². The topological polar surface area (TPSA) is 106 Å². The van der Waals surface area contributed by atoms with Crippen LogP contribution in [0.3, 0.4) is 0 Å². The minimum absolute atomic E-state index is 0.0434. The number of imide groups is 1. The Labute approximate surface area is 163 Å². The van der Waals surface area contributed by atoms with Crippen molar-refractivity contribution in [2.24, 2.45) is 0 Å². The molecule has 0 radical (unpaired) electrons. The van der Waals surface area contributed by atoms with Crippen molar-refractivity contribution in [1.82, 2.24) is 10.2 Å². The quantitative estimate of drug-likeness (QED) is 0.731. The first-order chi connectivity index (χ1) is 13.3. The van der Waals surface area contributed by atoms with E-state index in [0.717, 1.165) is 16.7 Å². The zero-order valence-electron chi connectivity index (χ0n) is 15.1. The molecule has 1 fully saturated rings. The third kappa shape index (κ3) is 4.01. The van der Waals surface area contributed by atoms with Gasteiger partial charge in [0.2, 0.25) is 11.7 Å². The van der Waals surface area contributed by atoms with Crippen molar-refractivity contribution >= 4 is 45.8 Å². The lowest BCUT2D eigenvalue weighted by Gasteiger charge is -2.15. The fourth-order valence-corrected chi connectivity index (χ4v) is 3.44. The van der Waals surface area contributed by atoms with E-state index in [1.807, 2.05) is 0 Å². The van der Waals surface area contributed by atoms with Crippen LogP contribution in [0.25, 0.3) is 11.0 Å². The van der Waals surface area contributed by atoms with E-state index in [1.165, 1.54) is 25.1 Å². The minimum Gasteiger partial charge on any atom is -0.449 e. The average molecular weight is 408 g/mol. The van der Waals surface area contributed by atoms with Gasteiger partial charge in [0.25, 0.3) is 11.1 Å². The number of nitrogens with one attached hydrogen (secondary N) is 1. The standard InChI is InChI=1S/C18H17FN2O6S/c1-9-12-7-11(19)3-4-13(12)27-15(9)17(24)26-10(2)16(23)20-5-6-21-14(22)8-28-18(21)25/h3-4,7,10H,5-6,8H2,1-2H3,(H,20,23)/t10-/m0/s1. The molecule has 1 saturated heterocycles. The van der Waals surface area contributed by atoms with Gasteiger partial charge in [-0.05, 0) is 32.0 Å². The molecular formula is C18H17FN2O6S. The van der Waals surface area contributed by atoms with Crippen LogP contribution in [0.4, 0.5) is 9.18 Å². The molecule has 1 aliphatic heterocycles. The molecule has 0 unspecified atom stereocenters. The Morgan fingerprint density at radius 1 is 1.39 bits per heavy atom. The van der Waals surface area contributed by atoms with Crippen molar-refractivity contribution in [2.75, 3.05) is 18.8 Å². The molecule has 3 rings (SSSR count). The number of furan rings is 1. The second kappa shape index (κ2) is 8.01. The number of fused-ring (bicyclic) bond motifs is 1. The molecule has 1 aromatic heterocycles. The molecule has 2 heterocycles. The van der Waals surface area contributed by atoms with Crippen molar-refractivity contribution in [3.05, 3.63) is 35.3 Å². The Morgan fingerprint density at radius 3 is 2.82 bits per heavy atom. The molecule has 0 spiro atoms. The van der Waals surface area contributed by atoms with Gasteiger partial charge in [0.15, 0.2) is 6.10 Å². The summed E-state index contributed by atoms with van der Waals surface area (Å²) in [5.41, 5.74) is 0.747. The summed E-state index contributed by atoms with van der Waals surface area (Å²) in [5, 5.41) is 2.60. The largest absolute Gasteiger partial charge is 0.449 e. The number of hydrogen-bond acceptors (Lipinski definition) is 7. The van der Waals surface area contributed by atoms with Gasteiger partial charge in [-0.3, -0.25) is 19.3 Å². The summed E-state index contributed by atoms with van der Waals surface area (Å²) in [5.74, 6) is -2.21. The van der Waals surface area contributed by atoms with E-state index in [0.29, 0.717) is 16.5 Å². The molecule has 0 aliphatic carbocycles. The molecule has 3 amide bonds. The molecule has 8 nitrogen and oxygen atoms in total. The van der Waals surface area contributed by atoms with Crippen LogP contribution in [0.2, 0.25) is 0 Å². The third-order valence-corrected chi connectivity index (χ3v) is 5.07. The number of halogens is 1. The lowest BCUT2D eigenvalue weighted by atomic mass is 10.1. The van der Waals surface area contributed by atoms with Gasteiger partial charge in [0.1, 0.15) is 11.4 Å². The van der Waals surface area contributed by atoms with Crippen molar-refractivity contribution in [3.8, 4) is 0 Å². The second-order valence-electron chi connectivity index (χ2n) is 6.14. The van der Waals surface area contributed by atoms with Gasteiger partial charge in [0.05, 0.1) is 5.75 Å². The Kier molecular flexibility index (Phi) is 5.68. The first kappa shape index (κ1) is 19.9. The number of carbonyl (C=O) groups excluding carboxylic acids is 4. The lowest BCUT2D eigenvalue weighted by molar-refractivity contribution is -0.130. The molecular weight excluding hydrogens is 391 g/mol. The van der Waals surface area contributed by atoms with Gasteiger partial charge in [0, 0.05) is 24.0 Å². The van der Waals surface area contributed by atoms with Gasteiger partial charge in [-0.2, -0.15) is 0 Å². The number of amides is 3. The highest BCUT2D eigenvalue weighted by Crippen LogP contribution is 2.26. The highest BCUT2D eigenvalue weighted by Gasteiger charge is 2.30. The van der Waals surface area contributed by atoms with Crippen LogP contribution in [-0.4, -0.2) is 52.9 Å². The van der Waals surface area contributed by atoms with Crippen molar-refractivity contribution < 1.29 is 32.7 Å². The molecule has 0 saturated carbocycles. The number of nitrogens with zero attached hydrogens (tertiary/aromatic N) is 1. The maximum atomic E-state index is 13.4. The zero-order chi connectivity index (χ0) is 20.4. The summed E-state index contributed by atoms with van der Waals surface area (Å²) in [6.45, 7) is 3.06. The summed E-state index contributed by atoms with van der Waals surface area (Å²) in [6.07, 6.45) is -1.13. The van der Waals surface area contributed by atoms with Crippen LogP contribution < -0.4 is 5.32 Å². The van der Waals surface area contributed by atoms with Crippen LogP contribution in [-0.2, 0) is 14.3 Å². The molecule has 2 aromatic rings. The van der Waals surface area contributed by atoms with Crippen LogP contribution in [0.15, 0.2) is 22.6 Å². The molecule has 1 aromatic carbocycles. The van der Waals surface area contributed by atoms with Gasteiger partial charge >= 0.3 is 5.97 Å². The normalized spacial score (nSPS) is 15.2. The van der Waals surface area contributed by atoms with E-state index in [-0.39, 0.29) is 35.7 Å². The second-order valence-corrected chi connectivity index (χ2v) is 7.06. The number of carbonyl (C=O) groups is 4. The Bertz CT molecular complexity index is 956. The van der Waals surface area contributed by atoms with Crippen molar-refractivity contribution in [2.45, 2.75) is 20.0 Å². The van der Waals surface area contributed by atoms with Gasteiger partial charge < -0.3 is 14.5 Å². The van der Waals surface area contributed by atoms with E-state index in [1.54, 1.807) is 6.92 Å². The number of ether oxygens (including phenoxy) is 1. The van der Waals surface area contributed by atoms with Gasteiger partial charge in [-0.15, -0.1) is 0 Å². The molecule has 28 heavy (non-hydrogen) atoms. The third-order valence-electron chi connectivity index (χ3n) is 4.21. The maximum Gasteiger partial charge on any atom is 0.375 e. The predicted molar refractivity (Wildman–Crippen MR) is 98.4 cm³/mol. The number of esters is 1. The smallest absolute Gasteiger partial charge is 0.375 e. The fourth-order valence-electron chi connectivity index (χ4n) is 2.69. The molecule has 1 N–H and O–H groups in total. The van der Waals surface area contributed by atoms with E-state index >= 15 is 0 Å². The number of aryl methyl sites for hydroxylation is 1. The number of thioether (sulfide) groups is 1. The molecule has 0 bridgehead atoms. The summed E-state index contributed by atoms with van der Waals surface area (Å²) in [7, 11) is 0. The van der Waals surface area contributed by atoms with Gasteiger partial charge in [-0.1, -0.05) is 11.8 Å². The van der Waals surface area contributed by atoms with Crippen LogP contribution >= 0.6 is 11.8 Å².